The maximum atomic E-state index is 14.6. The van der Waals surface area contributed by atoms with Gasteiger partial charge in [-0.05, 0) is 68.3 Å². The monoisotopic (exact) mass is 871 g/mol. The van der Waals surface area contributed by atoms with E-state index in [2.05, 4.69) is 15.5 Å². The van der Waals surface area contributed by atoms with Crippen LogP contribution >= 0.6 is 0 Å². The van der Waals surface area contributed by atoms with Crippen LogP contribution in [-0.4, -0.2) is 138 Å². The van der Waals surface area contributed by atoms with Crippen molar-refractivity contribution in [3.8, 4) is 0 Å². The van der Waals surface area contributed by atoms with Gasteiger partial charge in [0.25, 0.3) is 0 Å². The number of amides is 5. The first-order chi connectivity index (χ1) is 29.6. The number of carboxylic acids is 1. The van der Waals surface area contributed by atoms with Gasteiger partial charge in [0, 0.05) is 46.7 Å². The zero-order chi connectivity index (χ0) is 45.7. The smallest absolute Gasteiger partial charge is 0.326 e. The molecule has 348 valence electrons. The summed E-state index contributed by atoms with van der Waals surface area (Å²) in [6.45, 7) is 10.3. The highest BCUT2D eigenvalue weighted by atomic mass is 16.6. The number of fused-ring (bicyclic) bond motifs is 2. The summed E-state index contributed by atoms with van der Waals surface area (Å²) in [6.07, 6.45) is 5.66. The van der Waals surface area contributed by atoms with Crippen molar-refractivity contribution in [1.82, 2.24) is 25.3 Å². The summed E-state index contributed by atoms with van der Waals surface area (Å²) in [4.78, 5) is 92.1. The van der Waals surface area contributed by atoms with Crippen LogP contribution in [0, 0.1) is 23.7 Å². The van der Waals surface area contributed by atoms with Gasteiger partial charge in [0.15, 0.2) is 0 Å². The van der Waals surface area contributed by atoms with E-state index in [1.54, 1.807) is 28.7 Å². The third-order valence-corrected chi connectivity index (χ3v) is 13.7. The van der Waals surface area contributed by atoms with Crippen LogP contribution in [0.25, 0.3) is 0 Å². The van der Waals surface area contributed by atoms with Gasteiger partial charge in [0.05, 0.1) is 43.2 Å². The Balaban J connectivity index is 1.45. The summed E-state index contributed by atoms with van der Waals surface area (Å²) >= 11 is 0. The number of piperidine rings is 1. The molecule has 16 nitrogen and oxygen atoms in total. The van der Waals surface area contributed by atoms with E-state index in [1.807, 2.05) is 58.0 Å². The Kier molecular flexibility index (Phi) is 19.6. The van der Waals surface area contributed by atoms with Crippen molar-refractivity contribution in [2.75, 3.05) is 34.4 Å². The van der Waals surface area contributed by atoms with Gasteiger partial charge >= 0.3 is 5.97 Å². The van der Waals surface area contributed by atoms with Crippen LogP contribution in [0.1, 0.15) is 111 Å². The number of hydrogen-bond donors (Lipinski definition) is 4. The van der Waals surface area contributed by atoms with Crippen molar-refractivity contribution in [1.29, 1.82) is 0 Å². The molecule has 2 bridgehead atoms. The minimum absolute atomic E-state index is 0.0187. The zero-order valence-electron chi connectivity index (χ0n) is 38.3. The highest BCUT2D eigenvalue weighted by molar-refractivity contribution is 5.93. The Morgan fingerprint density at radius 1 is 0.935 bits per heavy atom. The van der Waals surface area contributed by atoms with Gasteiger partial charge in [-0.15, -0.1) is 0 Å². The Morgan fingerprint density at radius 2 is 1.65 bits per heavy atom. The van der Waals surface area contributed by atoms with Gasteiger partial charge in [-0.1, -0.05) is 77.8 Å². The van der Waals surface area contributed by atoms with Crippen molar-refractivity contribution in [3.05, 3.63) is 35.9 Å². The summed E-state index contributed by atoms with van der Waals surface area (Å²) < 4.78 is 11.9. The number of hydrogen-bond acceptors (Lipinski definition) is 10. The Labute approximate surface area is 368 Å². The largest absolute Gasteiger partial charge is 0.480 e. The van der Waals surface area contributed by atoms with Gasteiger partial charge in [0.2, 0.25) is 29.5 Å². The summed E-state index contributed by atoms with van der Waals surface area (Å²) in [7, 11) is 4.72. The van der Waals surface area contributed by atoms with Crippen LogP contribution in [0.3, 0.4) is 0 Å². The Bertz CT molecular complexity index is 1650. The molecule has 0 radical (unpaired) electrons. The van der Waals surface area contributed by atoms with Crippen molar-refractivity contribution >= 4 is 35.5 Å². The quantitative estimate of drug-likeness (QED) is 0.0823. The molecule has 4 rings (SSSR count). The number of methoxy groups -OCH3 is 2. The third kappa shape index (κ3) is 12.5. The number of rotatable bonds is 25. The van der Waals surface area contributed by atoms with Gasteiger partial charge in [-0.2, -0.15) is 0 Å². The molecule has 3 unspecified atom stereocenters. The Hall–Kier alpha value is -4.12. The number of aliphatic carboxylic acids is 1. The minimum Gasteiger partial charge on any atom is -0.480 e. The normalized spacial score (nSPS) is 23.0. The van der Waals surface area contributed by atoms with Crippen LogP contribution in [0.4, 0.5) is 0 Å². The predicted octanol–water partition coefficient (Wildman–Crippen LogP) is 3.69. The number of carbonyl (C=O) groups excluding carboxylic acids is 5. The average Bonchev–Trinajstić information content (AvgIpc) is 4.03. The first kappa shape index (κ1) is 50.5. The first-order valence-electron chi connectivity index (χ1n) is 22.7. The lowest BCUT2D eigenvalue weighted by atomic mass is 9.89. The van der Waals surface area contributed by atoms with Gasteiger partial charge in [0.1, 0.15) is 18.1 Å². The predicted molar refractivity (Wildman–Crippen MR) is 233 cm³/mol. The van der Waals surface area contributed by atoms with E-state index in [-0.39, 0.29) is 60.3 Å². The fourth-order valence-electron chi connectivity index (χ4n) is 10.1. The fourth-order valence-corrected chi connectivity index (χ4v) is 10.1. The molecule has 5 N–H and O–H groups in total. The second-order valence-electron chi connectivity index (χ2n) is 18.1. The van der Waals surface area contributed by atoms with Crippen LogP contribution in [0.5, 0.6) is 0 Å². The van der Waals surface area contributed by atoms with Crippen LogP contribution in [-0.2, 0) is 49.5 Å². The molecular weight excluding hydrogens is 797 g/mol. The molecule has 11 atom stereocenters. The van der Waals surface area contributed by atoms with E-state index in [0.29, 0.717) is 45.3 Å². The van der Waals surface area contributed by atoms with E-state index in [1.165, 1.54) is 14.2 Å². The van der Waals surface area contributed by atoms with Crippen LogP contribution < -0.4 is 16.5 Å². The maximum absolute atomic E-state index is 14.6. The highest BCUT2D eigenvalue weighted by Crippen LogP contribution is 2.43. The number of ether oxygens (including phenoxy) is 2. The van der Waals surface area contributed by atoms with Crippen molar-refractivity contribution in [2.45, 2.75) is 160 Å². The molecule has 1 saturated carbocycles. The number of carbonyl (C=O) groups is 6. The zero-order valence-corrected chi connectivity index (χ0v) is 38.3. The molecule has 2 heterocycles. The summed E-state index contributed by atoms with van der Waals surface area (Å²) in [6, 6.07) is 5.45. The molecule has 0 spiro atoms. The molecule has 16 heteroatoms. The molecule has 1 aromatic rings. The highest BCUT2D eigenvalue weighted by Gasteiger charge is 2.52. The summed E-state index contributed by atoms with van der Waals surface area (Å²) in [5.74, 6) is 1.53. The van der Waals surface area contributed by atoms with Gasteiger partial charge < -0.3 is 44.8 Å². The molecule has 0 aromatic heterocycles. The molecule has 3 fully saturated rings. The number of unbranched alkanes of at least 4 members (excludes halogenated alkanes) is 2. The van der Waals surface area contributed by atoms with Gasteiger partial charge in [-0.3, -0.25) is 24.0 Å². The summed E-state index contributed by atoms with van der Waals surface area (Å²) in [5, 5.41) is 15.7. The van der Waals surface area contributed by atoms with E-state index < -0.39 is 60.2 Å². The fraction of sp³-hybridized carbons (Fsp3) is 0.739. The molecular formula is C46H74N6O10. The van der Waals surface area contributed by atoms with Crippen LogP contribution in [0.15, 0.2) is 30.3 Å². The van der Waals surface area contributed by atoms with E-state index in [0.717, 1.165) is 37.7 Å². The number of nitrogens with zero attached hydrogens (tertiary/aromatic N) is 3. The van der Waals surface area contributed by atoms with Crippen LogP contribution in [0.2, 0.25) is 0 Å². The van der Waals surface area contributed by atoms with E-state index in [9.17, 15) is 33.9 Å². The lowest BCUT2D eigenvalue weighted by Crippen LogP contribution is -2.60. The molecule has 1 aliphatic carbocycles. The number of benzene rings is 1. The second-order valence-corrected chi connectivity index (χ2v) is 18.1. The number of nitrogens with two attached hydrogens (primary N) is 1. The van der Waals surface area contributed by atoms with Gasteiger partial charge in [-0.25, -0.2) is 10.7 Å². The minimum atomic E-state index is -1.15. The molecule has 3 aliphatic rings. The second kappa shape index (κ2) is 24.1. The van der Waals surface area contributed by atoms with E-state index >= 15 is 0 Å². The molecule has 2 aliphatic heterocycles. The summed E-state index contributed by atoms with van der Waals surface area (Å²) in [5.41, 5.74) is 0.775. The van der Waals surface area contributed by atoms with Crippen molar-refractivity contribution in [3.63, 3.8) is 0 Å². The third-order valence-electron chi connectivity index (χ3n) is 13.7. The number of likely N-dealkylation sites (tertiary alicyclic amines) is 2. The standard InChI is InChI=1S/C46H74N6O10/c1-9-29(4)40(50(6)45(57)39(28(2)3)49-44(56)41-32-21-22-33(26-32)52(41)37(53)20-14-11-15-24-62-47)36(60-7)27-38(54)51-23-16-19-35(51)42(61-8)30(5)43(55)48-34(46(58)59)25-31-17-12-10-13-18-31/h10,12-13,17-18,28-30,32-36,39-42H,9,11,14-16,19-27,47H2,1-8H3,(H,48,55)(H,49,56)(H,58,59)/t29-,30+,32-,33+,34?,35?,36+,39?,40-,41-,42+/m0/s1. The number of likely N-dealkylation sites (N-methyl/N-ethyl adjacent to an activating group) is 1. The number of carboxylic acid groups (broad SMARTS) is 1. The molecule has 5 amide bonds. The average molecular weight is 871 g/mol. The first-order valence-corrected chi connectivity index (χ1v) is 22.7. The van der Waals surface area contributed by atoms with Crippen molar-refractivity contribution in [2.24, 2.45) is 29.6 Å². The van der Waals surface area contributed by atoms with Crippen molar-refractivity contribution < 1.29 is 48.2 Å². The molecule has 62 heavy (non-hydrogen) atoms. The molecule has 1 aromatic carbocycles. The SMILES string of the molecule is CC[C@H](C)[C@@H]([C@@H](CC(=O)N1CCCC1[C@H](OC)[C@@H](C)C(=O)NC(Cc1ccccc1)C(=O)O)OC)N(C)C(=O)C(NC(=O)[C@@H]1[C@H]2CC[C@H](C2)N1C(=O)CCCCCON)C(C)C. The van der Waals surface area contributed by atoms with E-state index in [4.69, 9.17) is 15.4 Å². The Morgan fingerprint density at radius 3 is 2.26 bits per heavy atom. The molecule has 2 saturated heterocycles. The topological polar surface area (TPSA) is 210 Å². The lowest BCUT2D eigenvalue weighted by Gasteiger charge is -2.41. The lowest BCUT2D eigenvalue weighted by molar-refractivity contribution is -0.149. The number of nitrogens with one attached hydrogen (secondary N) is 2. The maximum Gasteiger partial charge on any atom is 0.326 e.